The van der Waals surface area contributed by atoms with E-state index in [1.54, 1.807) is 6.20 Å². The van der Waals surface area contributed by atoms with Gasteiger partial charge in [-0.3, -0.25) is 9.48 Å². The second kappa shape index (κ2) is 6.43. The van der Waals surface area contributed by atoms with Crippen LogP contribution in [0.1, 0.15) is 24.3 Å². The molecule has 2 heterocycles. The zero-order valence-electron chi connectivity index (χ0n) is 12.0. The van der Waals surface area contributed by atoms with Crippen molar-refractivity contribution in [3.8, 4) is 0 Å². The van der Waals surface area contributed by atoms with Crippen LogP contribution in [-0.2, 0) is 11.3 Å². The van der Waals surface area contributed by atoms with Crippen LogP contribution in [-0.4, -0.2) is 28.8 Å². The van der Waals surface area contributed by atoms with Crippen molar-refractivity contribution in [1.82, 2.24) is 15.1 Å². The number of anilines is 1. The van der Waals surface area contributed by atoms with Crippen molar-refractivity contribution in [1.29, 1.82) is 0 Å². The van der Waals surface area contributed by atoms with E-state index in [-0.39, 0.29) is 11.8 Å². The molecule has 5 heteroatoms. The van der Waals surface area contributed by atoms with Crippen LogP contribution >= 0.6 is 0 Å². The molecule has 0 spiro atoms. The molecule has 1 aliphatic rings. The lowest BCUT2D eigenvalue weighted by Crippen LogP contribution is -2.33. The molecule has 1 aliphatic heterocycles. The van der Waals surface area contributed by atoms with E-state index in [1.165, 1.54) is 0 Å². The molecule has 21 heavy (non-hydrogen) atoms. The van der Waals surface area contributed by atoms with Gasteiger partial charge in [0.15, 0.2) is 0 Å². The fourth-order valence-electron chi connectivity index (χ4n) is 2.75. The Morgan fingerprint density at radius 2 is 2.29 bits per heavy atom. The third-order valence-electron chi connectivity index (χ3n) is 3.82. The molecule has 2 N–H and O–H groups in total. The topological polar surface area (TPSA) is 59.0 Å². The Bertz CT molecular complexity index is 594. The van der Waals surface area contributed by atoms with Gasteiger partial charge in [-0.05, 0) is 30.5 Å². The Morgan fingerprint density at radius 3 is 3.14 bits per heavy atom. The number of nitrogens with zero attached hydrogens (tertiary/aromatic N) is 2. The maximum absolute atomic E-state index is 12.4. The van der Waals surface area contributed by atoms with Crippen LogP contribution in [0.5, 0.6) is 0 Å². The van der Waals surface area contributed by atoms with Gasteiger partial charge in [-0.1, -0.05) is 18.2 Å². The molecular formula is C16H20N4O. The molecular weight excluding hydrogens is 264 g/mol. The van der Waals surface area contributed by atoms with Gasteiger partial charge in [0.25, 0.3) is 0 Å². The van der Waals surface area contributed by atoms with Gasteiger partial charge >= 0.3 is 0 Å². The lowest BCUT2D eigenvalue weighted by Gasteiger charge is -2.25. The van der Waals surface area contributed by atoms with Crippen molar-refractivity contribution in [2.45, 2.75) is 25.3 Å². The highest BCUT2D eigenvalue weighted by Crippen LogP contribution is 2.31. The average Bonchev–Trinajstić information content (AvgIpc) is 3.04. The van der Waals surface area contributed by atoms with Crippen molar-refractivity contribution in [2.75, 3.05) is 18.4 Å². The molecule has 1 aromatic heterocycles. The maximum atomic E-state index is 12.4. The van der Waals surface area contributed by atoms with Crippen LogP contribution in [0, 0.1) is 0 Å². The van der Waals surface area contributed by atoms with Crippen molar-refractivity contribution < 1.29 is 4.79 Å². The number of nitrogens with one attached hydrogen (secondary N) is 2. The molecule has 1 atom stereocenters. The van der Waals surface area contributed by atoms with Crippen molar-refractivity contribution >= 4 is 11.6 Å². The Labute approximate surface area is 124 Å². The van der Waals surface area contributed by atoms with Crippen molar-refractivity contribution in [2.24, 2.45) is 0 Å². The molecule has 0 bridgehead atoms. The smallest absolute Gasteiger partial charge is 0.227 e. The highest BCUT2D eigenvalue weighted by atomic mass is 16.1. The minimum atomic E-state index is -0.0350. The predicted octanol–water partition coefficient (Wildman–Crippen LogP) is 1.99. The monoisotopic (exact) mass is 284 g/mol. The van der Waals surface area contributed by atoms with E-state index in [2.05, 4.69) is 15.7 Å². The Hall–Kier alpha value is -2.30. The largest absolute Gasteiger partial charge is 0.385 e. The molecule has 0 saturated carbocycles. The number of hydrogen-bond acceptors (Lipinski definition) is 3. The Morgan fingerprint density at radius 1 is 1.38 bits per heavy atom. The lowest BCUT2D eigenvalue weighted by atomic mass is 9.90. The van der Waals surface area contributed by atoms with E-state index < -0.39 is 0 Å². The van der Waals surface area contributed by atoms with E-state index in [0.29, 0.717) is 6.54 Å². The van der Waals surface area contributed by atoms with Gasteiger partial charge in [-0.2, -0.15) is 5.10 Å². The fourth-order valence-corrected chi connectivity index (χ4v) is 2.75. The number of hydrogen-bond donors (Lipinski definition) is 2. The quantitative estimate of drug-likeness (QED) is 0.826. The van der Waals surface area contributed by atoms with Gasteiger partial charge in [0.2, 0.25) is 5.91 Å². The summed E-state index contributed by atoms with van der Waals surface area (Å²) in [5.41, 5.74) is 2.19. The van der Waals surface area contributed by atoms with Crippen LogP contribution in [0.2, 0.25) is 0 Å². The van der Waals surface area contributed by atoms with Gasteiger partial charge in [-0.15, -0.1) is 0 Å². The predicted molar refractivity (Wildman–Crippen MR) is 82.1 cm³/mol. The number of carbonyl (C=O) groups is 1. The first kappa shape index (κ1) is 13.7. The van der Waals surface area contributed by atoms with Gasteiger partial charge in [-0.25, -0.2) is 0 Å². The molecule has 5 nitrogen and oxygen atoms in total. The van der Waals surface area contributed by atoms with Gasteiger partial charge < -0.3 is 10.6 Å². The molecule has 110 valence electrons. The summed E-state index contributed by atoms with van der Waals surface area (Å²) in [6, 6.07) is 9.96. The summed E-state index contributed by atoms with van der Waals surface area (Å²) in [6.45, 7) is 2.36. The molecule has 0 radical (unpaired) electrons. The Kier molecular flexibility index (Phi) is 4.19. The van der Waals surface area contributed by atoms with Crippen LogP contribution in [0.15, 0.2) is 42.7 Å². The summed E-state index contributed by atoms with van der Waals surface area (Å²) in [5.74, 6) is 0.0940. The second-order valence-electron chi connectivity index (χ2n) is 5.27. The van der Waals surface area contributed by atoms with Crippen molar-refractivity contribution in [3.63, 3.8) is 0 Å². The number of rotatable bonds is 5. The van der Waals surface area contributed by atoms with E-state index in [0.717, 1.165) is 37.2 Å². The number of fused-ring (bicyclic) bond motifs is 1. The maximum Gasteiger partial charge on any atom is 0.227 e. The third-order valence-corrected chi connectivity index (χ3v) is 3.82. The minimum absolute atomic E-state index is 0.0350. The van der Waals surface area contributed by atoms with E-state index in [1.807, 2.05) is 41.2 Å². The molecule has 0 aliphatic carbocycles. The lowest BCUT2D eigenvalue weighted by molar-refractivity contribution is -0.122. The molecule has 1 unspecified atom stereocenters. The number of para-hydroxylation sites is 1. The Balaban J connectivity index is 1.52. The third kappa shape index (κ3) is 3.24. The first-order chi connectivity index (χ1) is 10.3. The summed E-state index contributed by atoms with van der Waals surface area (Å²) in [6.07, 6.45) is 5.44. The molecule has 0 saturated heterocycles. The van der Waals surface area contributed by atoms with Crippen molar-refractivity contribution in [3.05, 3.63) is 48.3 Å². The fraction of sp³-hybridized carbons (Fsp3) is 0.375. The van der Waals surface area contributed by atoms with E-state index >= 15 is 0 Å². The molecule has 0 fully saturated rings. The number of benzene rings is 1. The van der Waals surface area contributed by atoms with Crippen LogP contribution in [0.3, 0.4) is 0 Å². The van der Waals surface area contributed by atoms with Crippen LogP contribution in [0.25, 0.3) is 0 Å². The number of aromatic nitrogens is 2. The number of carbonyl (C=O) groups excluding carboxylic acids is 1. The summed E-state index contributed by atoms with van der Waals surface area (Å²) in [7, 11) is 0. The van der Waals surface area contributed by atoms with Gasteiger partial charge in [0.1, 0.15) is 0 Å². The molecule has 1 amide bonds. The summed E-state index contributed by atoms with van der Waals surface area (Å²) in [4.78, 5) is 12.4. The first-order valence-electron chi connectivity index (χ1n) is 7.42. The normalized spacial score (nSPS) is 16.9. The SMILES string of the molecule is O=C(NCCCn1cccn1)C1CCNc2ccccc21. The molecule has 2 aromatic rings. The van der Waals surface area contributed by atoms with E-state index in [9.17, 15) is 4.79 Å². The van der Waals surface area contributed by atoms with Gasteiger partial charge in [0.05, 0.1) is 5.92 Å². The highest BCUT2D eigenvalue weighted by Gasteiger charge is 2.25. The zero-order valence-corrected chi connectivity index (χ0v) is 12.0. The standard InChI is InChI=1S/C16H20N4O/c21-16(18-8-3-11-20-12-4-9-19-20)14-7-10-17-15-6-2-1-5-13(14)15/h1-2,4-6,9,12,14,17H,3,7-8,10-11H2,(H,18,21). The average molecular weight is 284 g/mol. The van der Waals surface area contributed by atoms with Crippen LogP contribution < -0.4 is 10.6 Å². The van der Waals surface area contributed by atoms with Crippen LogP contribution in [0.4, 0.5) is 5.69 Å². The van der Waals surface area contributed by atoms with Gasteiger partial charge in [0, 0.05) is 37.7 Å². The zero-order chi connectivity index (χ0) is 14.5. The minimum Gasteiger partial charge on any atom is -0.385 e. The number of aryl methyl sites for hydroxylation is 1. The number of amides is 1. The summed E-state index contributed by atoms with van der Waals surface area (Å²) >= 11 is 0. The summed E-state index contributed by atoms with van der Waals surface area (Å²) < 4.78 is 1.88. The van der Waals surface area contributed by atoms with E-state index in [4.69, 9.17) is 0 Å². The molecule has 1 aromatic carbocycles. The summed E-state index contributed by atoms with van der Waals surface area (Å²) in [5, 5.41) is 10.5. The highest BCUT2D eigenvalue weighted by molar-refractivity contribution is 5.86. The molecule has 3 rings (SSSR count). The second-order valence-corrected chi connectivity index (χ2v) is 5.27. The first-order valence-corrected chi connectivity index (χ1v) is 7.42.